The third-order valence-corrected chi connectivity index (χ3v) is 3.23. The second-order valence-electron chi connectivity index (χ2n) is 4.66. The van der Waals surface area contributed by atoms with Gasteiger partial charge in [-0.3, -0.25) is 4.90 Å². The zero-order valence-electron chi connectivity index (χ0n) is 11.6. The molecule has 2 rings (SSSR count). The number of hydrogen-bond donors (Lipinski definition) is 1. The summed E-state index contributed by atoms with van der Waals surface area (Å²) >= 11 is 0. The third-order valence-electron chi connectivity index (χ3n) is 3.23. The molecule has 19 heavy (non-hydrogen) atoms. The van der Waals surface area contributed by atoms with Crippen LogP contribution >= 0.6 is 0 Å². The van der Waals surface area contributed by atoms with Crippen molar-refractivity contribution in [3.8, 4) is 5.88 Å². The monoisotopic (exact) mass is 265 g/mol. The van der Waals surface area contributed by atoms with Gasteiger partial charge in [-0.25, -0.2) is 4.98 Å². The fraction of sp³-hybridized carbons (Fsp3) is 0.643. The highest BCUT2D eigenvalue weighted by Crippen LogP contribution is 2.06. The molecular formula is C14H23N3O2. The highest BCUT2D eigenvalue weighted by molar-refractivity contribution is 5.15. The Morgan fingerprint density at radius 1 is 1.37 bits per heavy atom. The number of morpholine rings is 1. The van der Waals surface area contributed by atoms with Gasteiger partial charge in [0.05, 0.1) is 26.0 Å². The second-order valence-corrected chi connectivity index (χ2v) is 4.66. The predicted molar refractivity (Wildman–Crippen MR) is 74.4 cm³/mol. The van der Waals surface area contributed by atoms with E-state index in [4.69, 9.17) is 9.47 Å². The summed E-state index contributed by atoms with van der Waals surface area (Å²) in [5.41, 5.74) is 1.02. The van der Waals surface area contributed by atoms with Crippen molar-refractivity contribution in [3.05, 3.63) is 23.9 Å². The molecule has 1 saturated heterocycles. The molecule has 5 nitrogen and oxygen atoms in total. The number of methoxy groups -OCH3 is 1. The molecule has 106 valence electrons. The summed E-state index contributed by atoms with van der Waals surface area (Å²) in [7, 11) is 1.64. The van der Waals surface area contributed by atoms with E-state index >= 15 is 0 Å². The minimum atomic E-state index is 0.674. The molecule has 2 heterocycles. The van der Waals surface area contributed by atoms with Gasteiger partial charge in [-0.05, 0) is 25.6 Å². The second kappa shape index (κ2) is 8.09. The van der Waals surface area contributed by atoms with Crippen LogP contribution in [-0.4, -0.2) is 56.4 Å². The Kier molecular flexibility index (Phi) is 6.07. The largest absolute Gasteiger partial charge is 0.481 e. The van der Waals surface area contributed by atoms with Gasteiger partial charge in [0.15, 0.2) is 0 Å². The zero-order valence-corrected chi connectivity index (χ0v) is 11.6. The number of ether oxygens (including phenoxy) is 2. The molecule has 0 bridgehead atoms. The van der Waals surface area contributed by atoms with Crippen molar-refractivity contribution in [1.82, 2.24) is 15.2 Å². The quantitative estimate of drug-likeness (QED) is 0.742. The topological polar surface area (TPSA) is 46.6 Å². The summed E-state index contributed by atoms with van der Waals surface area (Å²) in [5.74, 6) is 0.674. The van der Waals surface area contributed by atoms with Crippen LogP contribution in [-0.2, 0) is 11.3 Å². The van der Waals surface area contributed by atoms with Crippen molar-refractivity contribution in [2.24, 2.45) is 0 Å². The van der Waals surface area contributed by atoms with Gasteiger partial charge in [-0.1, -0.05) is 6.07 Å². The Bertz CT molecular complexity index is 367. The van der Waals surface area contributed by atoms with E-state index in [2.05, 4.69) is 15.2 Å². The number of nitrogens with one attached hydrogen (secondary N) is 1. The first-order valence-electron chi connectivity index (χ1n) is 6.89. The molecule has 0 radical (unpaired) electrons. The Labute approximate surface area is 114 Å². The normalized spacial score (nSPS) is 16.5. The number of aromatic nitrogens is 1. The molecule has 1 N–H and O–H groups in total. The first kappa shape index (κ1) is 14.2. The first-order valence-corrected chi connectivity index (χ1v) is 6.89. The van der Waals surface area contributed by atoms with Gasteiger partial charge in [-0.2, -0.15) is 0 Å². The van der Waals surface area contributed by atoms with Crippen LogP contribution in [0.1, 0.15) is 12.1 Å². The minimum absolute atomic E-state index is 0.674. The molecule has 0 saturated carbocycles. The molecule has 1 aromatic heterocycles. The summed E-state index contributed by atoms with van der Waals surface area (Å²) in [4.78, 5) is 6.82. The Morgan fingerprint density at radius 3 is 3.00 bits per heavy atom. The minimum Gasteiger partial charge on any atom is -0.481 e. The Hall–Kier alpha value is -1.17. The number of hydrogen-bond acceptors (Lipinski definition) is 5. The zero-order chi connectivity index (χ0) is 13.3. The van der Waals surface area contributed by atoms with Crippen molar-refractivity contribution in [2.45, 2.75) is 13.0 Å². The highest BCUT2D eigenvalue weighted by atomic mass is 16.5. The van der Waals surface area contributed by atoms with E-state index in [0.29, 0.717) is 5.88 Å². The van der Waals surface area contributed by atoms with Crippen molar-refractivity contribution >= 4 is 0 Å². The van der Waals surface area contributed by atoms with Gasteiger partial charge >= 0.3 is 0 Å². The maximum absolute atomic E-state index is 5.33. The molecule has 0 unspecified atom stereocenters. The molecule has 0 aliphatic carbocycles. The summed E-state index contributed by atoms with van der Waals surface area (Å²) in [6, 6.07) is 5.84. The van der Waals surface area contributed by atoms with Crippen LogP contribution in [0.4, 0.5) is 0 Å². The van der Waals surface area contributed by atoms with Crippen LogP contribution in [0.15, 0.2) is 18.2 Å². The summed E-state index contributed by atoms with van der Waals surface area (Å²) in [6.45, 7) is 6.83. The van der Waals surface area contributed by atoms with E-state index in [9.17, 15) is 0 Å². The van der Waals surface area contributed by atoms with Crippen LogP contribution in [0.5, 0.6) is 5.88 Å². The lowest BCUT2D eigenvalue weighted by atomic mass is 10.3. The maximum atomic E-state index is 5.33. The molecule has 0 spiro atoms. The van der Waals surface area contributed by atoms with E-state index in [1.165, 1.54) is 0 Å². The predicted octanol–water partition coefficient (Wildman–Crippen LogP) is 0.902. The molecule has 0 amide bonds. The van der Waals surface area contributed by atoms with Crippen molar-refractivity contribution in [1.29, 1.82) is 0 Å². The first-order chi connectivity index (χ1) is 9.38. The van der Waals surface area contributed by atoms with E-state index < -0.39 is 0 Å². The number of nitrogens with zero attached hydrogens (tertiary/aromatic N) is 2. The standard InChI is InChI=1S/C14H23N3O2/c1-18-14-5-2-4-13(16-14)12-15-6-3-7-17-8-10-19-11-9-17/h2,4-5,15H,3,6-12H2,1H3. The van der Waals surface area contributed by atoms with Crippen LogP contribution in [0.2, 0.25) is 0 Å². The maximum Gasteiger partial charge on any atom is 0.213 e. The molecule has 0 aromatic carbocycles. The molecule has 1 aliphatic heterocycles. The number of pyridine rings is 1. The van der Waals surface area contributed by atoms with E-state index in [0.717, 1.165) is 58.1 Å². The lowest BCUT2D eigenvalue weighted by molar-refractivity contribution is 0.0374. The van der Waals surface area contributed by atoms with Crippen molar-refractivity contribution < 1.29 is 9.47 Å². The van der Waals surface area contributed by atoms with E-state index in [1.807, 2.05) is 18.2 Å². The molecule has 1 aromatic rings. The smallest absolute Gasteiger partial charge is 0.213 e. The fourth-order valence-electron chi connectivity index (χ4n) is 2.14. The van der Waals surface area contributed by atoms with Gasteiger partial charge in [0, 0.05) is 25.7 Å². The van der Waals surface area contributed by atoms with Crippen LogP contribution in [0, 0.1) is 0 Å². The average molecular weight is 265 g/mol. The molecule has 1 fully saturated rings. The van der Waals surface area contributed by atoms with Gasteiger partial charge < -0.3 is 14.8 Å². The van der Waals surface area contributed by atoms with Crippen LogP contribution < -0.4 is 10.1 Å². The molecular weight excluding hydrogens is 242 g/mol. The molecule has 1 aliphatic rings. The van der Waals surface area contributed by atoms with Crippen LogP contribution in [0.3, 0.4) is 0 Å². The molecule has 5 heteroatoms. The Morgan fingerprint density at radius 2 is 2.21 bits per heavy atom. The van der Waals surface area contributed by atoms with E-state index in [-0.39, 0.29) is 0 Å². The lowest BCUT2D eigenvalue weighted by Gasteiger charge is -2.26. The summed E-state index contributed by atoms with van der Waals surface area (Å²) < 4.78 is 10.4. The van der Waals surface area contributed by atoms with Gasteiger partial charge in [0.2, 0.25) is 5.88 Å². The fourth-order valence-corrected chi connectivity index (χ4v) is 2.14. The SMILES string of the molecule is COc1cccc(CNCCCN2CCOCC2)n1. The number of rotatable bonds is 7. The van der Waals surface area contributed by atoms with Gasteiger partial charge in [0.1, 0.15) is 0 Å². The summed E-state index contributed by atoms with van der Waals surface area (Å²) in [6.07, 6.45) is 1.16. The third kappa shape index (κ3) is 5.14. The van der Waals surface area contributed by atoms with E-state index in [1.54, 1.807) is 7.11 Å². The van der Waals surface area contributed by atoms with Gasteiger partial charge in [-0.15, -0.1) is 0 Å². The van der Waals surface area contributed by atoms with Crippen LogP contribution in [0.25, 0.3) is 0 Å². The summed E-state index contributed by atoms with van der Waals surface area (Å²) in [5, 5.41) is 3.42. The lowest BCUT2D eigenvalue weighted by Crippen LogP contribution is -2.37. The van der Waals surface area contributed by atoms with Crippen molar-refractivity contribution in [2.75, 3.05) is 46.5 Å². The van der Waals surface area contributed by atoms with Gasteiger partial charge in [0.25, 0.3) is 0 Å². The molecule has 0 atom stereocenters. The van der Waals surface area contributed by atoms with Crippen molar-refractivity contribution in [3.63, 3.8) is 0 Å². The highest BCUT2D eigenvalue weighted by Gasteiger charge is 2.08. The Balaban J connectivity index is 1.58. The average Bonchev–Trinajstić information content (AvgIpc) is 2.48.